The zero-order valence-electron chi connectivity index (χ0n) is 11.7. The molecule has 0 aliphatic rings. The molecule has 1 aromatic rings. The second-order valence-electron chi connectivity index (χ2n) is 4.65. The van der Waals surface area contributed by atoms with Gasteiger partial charge in [-0.3, -0.25) is 9.88 Å². The molecule has 0 spiro atoms. The zero-order chi connectivity index (χ0) is 14.5. The van der Waals surface area contributed by atoms with Gasteiger partial charge in [0.05, 0.1) is 7.14 Å². The van der Waals surface area contributed by atoms with E-state index in [0.717, 1.165) is 5.56 Å². The summed E-state index contributed by atoms with van der Waals surface area (Å²) in [6, 6.07) is 9.22. The molecule has 0 saturated heterocycles. The maximum Gasteiger partial charge on any atom is 0.351 e. The highest BCUT2D eigenvalue weighted by atomic mass is 31.2. The maximum atomic E-state index is 12.6. The molecule has 5 nitrogen and oxygen atoms in total. The maximum absolute atomic E-state index is 12.6. The first kappa shape index (κ1) is 16.6. The third-order valence-electron chi connectivity index (χ3n) is 2.61. The first-order valence-electron chi connectivity index (χ1n) is 5.86. The summed E-state index contributed by atoms with van der Waals surface area (Å²) in [6.45, 7) is 3.35. The van der Waals surface area contributed by atoms with E-state index in [-0.39, 0.29) is 6.29 Å². The Morgan fingerprint density at radius 3 is 2.05 bits per heavy atom. The number of rotatable bonds is 7. The average Bonchev–Trinajstić information content (AvgIpc) is 2.38. The fourth-order valence-electron chi connectivity index (χ4n) is 1.64. The van der Waals surface area contributed by atoms with Crippen molar-refractivity contribution in [2.45, 2.75) is 5.78 Å². The average molecular weight is 305 g/mol. The van der Waals surface area contributed by atoms with Crippen LogP contribution in [0.3, 0.4) is 0 Å². The van der Waals surface area contributed by atoms with Crippen LogP contribution in [0, 0.1) is 0 Å². The lowest BCUT2D eigenvalue weighted by molar-refractivity contribution is 0.261. The van der Waals surface area contributed by atoms with Crippen LogP contribution in [0.15, 0.2) is 30.3 Å². The predicted molar refractivity (Wildman–Crippen MR) is 78.3 cm³/mol. The minimum atomic E-state index is -3.33. The zero-order valence-corrected chi connectivity index (χ0v) is 13.5. The van der Waals surface area contributed by atoms with Gasteiger partial charge >= 0.3 is 7.60 Å². The highest BCUT2D eigenvalue weighted by Crippen LogP contribution is 2.58. The summed E-state index contributed by atoms with van der Waals surface area (Å²) in [5.41, 5.74) is 0.781. The van der Waals surface area contributed by atoms with E-state index in [4.69, 9.17) is 9.05 Å². The van der Waals surface area contributed by atoms with Gasteiger partial charge in [0.25, 0.3) is 0 Å². The molecule has 1 N–H and O–H groups in total. The molecule has 7 heteroatoms. The highest BCUT2D eigenvalue weighted by Gasteiger charge is 2.35. The molecule has 0 heterocycles. The van der Waals surface area contributed by atoms with Crippen LogP contribution < -0.4 is 5.32 Å². The normalized spacial score (nSPS) is 14.3. The number of benzene rings is 1. The predicted octanol–water partition coefficient (Wildman–Crippen LogP) is 3.34. The van der Waals surface area contributed by atoms with Gasteiger partial charge in [0.15, 0.2) is 0 Å². The Kier molecular flexibility index (Phi) is 5.97. The lowest BCUT2D eigenvalue weighted by Crippen LogP contribution is -2.23. The summed E-state index contributed by atoms with van der Waals surface area (Å²) < 4.78 is 34.5. The van der Waals surface area contributed by atoms with E-state index in [1.54, 1.807) is 13.3 Å². The second-order valence-corrected chi connectivity index (χ2v) is 10.4. The van der Waals surface area contributed by atoms with E-state index >= 15 is 0 Å². The van der Waals surface area contributed by atoms with Crippen molar-refractivity contribution in [3.8, 4) is 0 Å². The molecule has 0 amide bonds. The SMILES string of the molecule is COP(=O)(OC)C(NCP(C)(C)=O)c1ccccc1. The molecule has 19 heavy (non-hydrogen) atoms. The summed E-state index contributed by atoms with van der Waals surface area (Å²) in [6.07, 6.45) is 0.267. The van der Waals surface area contributed by atoms with Gasteiger partial charge in [-0.25, -0.2) is 0 Å². The lowest BCUT2D eigenvalue weighted by atomic mass is 10.2. The van der Waals surface area contributed by atoms with Crippen LogP contribution in [0.25, 0.3) is 0 Å². The fraction of sp³-hybridized carbons (Fsp3) is 0.500. The summed E-state index contributed by atoms with van der Waals surface area (Å²) in [7, 11) is -2.91. The van der Waals surface area contributed by atoms with Crippen LogP contribution in [-0.4, -0.2) is 33.8 Å². The molecule has 0 saturated carbocycles. The van der Waals surface area contributed by atoms with Gasteiger partial charge in [0.1, 0.15) is 5.78 Å². The molecule has 0 aliphatic carbocycles. The smallest absolute Gasteiger partial charge is 0.323 e. The summed E-state index contributed by atoms with van der Waals surface area (Å²) in [4.78, 5) is 0. The van der Waals surface area contributed by atoms with E-state index in [2.05, 4.69) is 5.32 Å². The fourth-order valence-corrected chi connectivity index (χ4v) is 3.83. The molecule has 0 bridgehead atoms. The van der Waals surface area contributed by atoms with E-state index < -0.39 is 20.5 Å². The molecule has 1 unspecified atom stereocenters. The highest BCUT2D eigenvalue weighted by molar-refractivity contribution is 7.62. The number of nitrogens with one attached hydrogen (secondary N) is 1. The molecule has 1 atom stereocenters. The van der Waals surface area contributed by atoms with Crippen molar-refractivity contribution in [3.05, 3.63) is 35.9 Å². The first-order chi connectivity index (χ1) is 8.82. The van der Waals surface area contributed by atoms with Gasteiger partial charge in [-0.1, -0.05) is 30.3 Å². The first-order valence-corrected chi connectivity index (χ1v) is 10.3. The van der Waals surface area contributed by atoms with E-state index in [0.29, 0.717) is 0 Å². The van der Waals surface area contributed by atoms with Crippen LogP contribution >= 0.6 is 14.7 Å². The van der Waals surface area contributed by atoms with Crippen LogP contribution in [0.2, 0.25) is 0 Å². The van der Waals surface area contributed by atoms with Gasteiger partial charge in [-0.05, 0) is 18.9 Å². The van der Waals surface area contributed by atoms with Crippen molar-refractivity contribution in [2.75, 3.05) is 33.8 Å². The molecule has 108 valence electrons. The van der Waals surface area contributed by atoms with E-state index in [1.807, 2.05) is 30.3 Å². The third kappa shape index (κ3) is 4.87. The quantitative estimate of drug-likeness (QED) is 0.783. The van der Waals surface area contributed by atoms with Gasteiger partial charge in [-0.2, -0.15) is 0 Å². The Morgan fingerprint density at radius 1 is 1.11 bits per heavy atom. The van der Waals surface area contributed by atoms with Crippen molar-refractivity contribution in [1.29, 1.82) is 0 Å². The van der Waals surface area contributed by atoms with Gasteiger partial charge in [0, 0.05) is 20.5 Å². The Morgan fingerprint density at radius 2 is 1.63 bits per heavy atom. The van der Waals surface area contributed by atoms with Crippen LogP contribution in [0.4, 0.5) is 0 Å². The number of hydrogen-bond donors (Lipinski definition) is 1. The minimum Gasteiger partial charge on any atom is -0.323 e. The molecule has 0 aliphatic heterocycles. The Balaban J connectivity index is 3.05. The Labute approximate surface area is 114 Å². The molecule has 1 aromatic carbocycles. The van der Waals surface area contributed by atoms with Crippen molar-refractivity contribution in [1.82, 2.24) is 5.32 Å². The summed E-state index contributed by atoms with van der Waals surface area (Å²) >= 11 is 0. The van der Waals surface area contributed by atoms with Crippen molar-refractivity contribution in [3.63, 3.8) is 0 Å². The molecule has 0 aromatic heterocycles. The Hall–Kier alpha value is -0.440. The summed E-state index contributed by atoms with van der Waals surface area (Å²) in [5.74, 6) is -0.628. The van der Waals surface area contributed by atoms with Crippen LogP contribution in [0.1, 0.15) is 11.3 Å². The number of hydrogen-bond acceptors (Lipinski definition) is 5. The minimum absolute atomic E-state index is 0.267. The van der Waals surface area contributed by atoms with Crippen molar-refractivity contribution in [2.24, 2.45) is 0 Å². The molecule has 1 rings (SSSR count). The topological polar surface area (TPSA) is 64.6 Å². The van der Waals surface area contributed by atoms with Crippen molar-refractivity contribution >= 4 is 14.7 Å². The van der Waals surface area contributed by atoms with E-state index in [9.17, 15) is 9.13 Å². The van der Waals surface area contributed by atoms with Crippen LogP contribution in [0.5, 0.6) is 0 Å². The summed E-state index contributed by atoms with van der Waals surface area (Å²) in [5, 5.41) is 3.04. The molecule has 0 fully saturated rings. The molecular weight excluding hydrogens is 284 g/mol. The molecule has 0 radical (unpaired) electrons. The van der Waals surface area contributed by atoms with Gasteiger partial charge in [0.2, 0.25) is 0 Å². The largest absolute Gasteiger partial charge is 0.351 e. The lowest BCUT2D eigenvalue weighted by Gasteiger charge is -2.26. The van der Waals surface area contributed by atoms with Gasteiger partial charge in [-0.15, -0.1) is 0 Å². The van der Waals surface area contributed by atoms with E-state index in [1.165, 1.54) is 14.2 Å². The Bertz CT molecular complexity index is 478. The van der Waals surface area contributed by atoms with Crippen LogP contribution in [-0.2, 0) is 18.2 Å². The van der Waals surface area contributed by atoms with Crippen molar-refractivity contribution < 1.29 is 18.2 Å². The standard InChI is InChI=1S/C12H21NO4P2/c1-16-19(15,17-2)12(13-10-18(3,4)14)11-8-6-5-7-9-11/h5-9,12-13H,10H2,1-4H3. The third-order valence-corrected chi connectivity index (χ3v) is 5.68. The molecular formula is C12H21NO4P2. The second kappa shape index (κ2) is 6.83. The monoisotopic (exact) mass is 305 g/mol. The van der Waals surface area contributed by atoms with Gasteiger partial charge < -0.3 is 13.6 Å².